The van der Waals surface area contributed by atoms with E-state index in [1.807, 2.05) is 0 Å². The molecule has 1 aliphatic carbocycles. The number of halogens is 1. The van der Waals surface area contributed by atoms with Crippen molar-refractivity contribution in [1.29, 1.82) is 0 Å². The molecule has 0 aliphatic heterocycles. The minimum absolute atomic E-state index is 0.0959. The number of hydrogen-bond donors (Lipinski definition) is 3. The summed E-state index contributed by atoms with van der Waals surface area (Å²) in [5, 5.41) is 16.2. The Morgan fingerprint density at radius 3 is 2.76 bits per heavy atom. The molecule has 6 heteroatoms. The van der Waals surface area contributed by atoms with Crippen LogP contribution in [0.5, 0.6) is 0 Å². The molecule has 1 fully saturated rings. The molecular weight excluding hydrogens is 332 g/mol. The van der Waals surface area contributed by atoms with E-state index < -0.39 is 0 Å². The Balaban J connectivity index is 1.85. The molecule has 0 atom stereocenters. The maximum atomic E-state index is 9.54. The first-order valence-corrected chi connectivity index (χ1v) is 8.66. The third-order valence-electron chi connectivity index (χ3n) is 3.93. The predicted molar refractivity (Wildman–Crippen MR) is 89.6 cm³/mol. The van der Waals surface area contributed by atoms with E-state index in [1.54, 1.807) is 6.20 Å². The van der Waals surface area contributed by atoms with Gasteiger partial charge in [0.05, 0.1) is 10.6 Å². The fourth-order valence-electron chi connectivity index (χ4n) is 2.54. The van der Waals surface area contributed by atoms with E-state index in [0.29, 0.717) is 11.9 Å². The van der Waals surface area contributed by atoms with Crippen molar-refractivity contribution in [1.82, 2.24) is 9.97 Å². The topological polar surface area (TPSA) is 70.1 Å². The number of aliphatic hydroxyl groups excluding tert-OH is 1. The molecule has 1 heterocycles. The summed E-state index contributed by atoms with van der Waals surface area (Å²) >= 11 is 3.49. The monoisotopic (exact) mass is 356 g/mol. The second-order valence-corrected chi connectivity index (χ2v) is 6.58. The number of aromatic nitrogens is 2. The summed E-state index contributed by atoms with van der Waals surface area (Å²) in [4.78, 5) is 8.79. The molecule has 0 radical (unpaired) electrons. The van der Waals surface area contributed by atoms with Gasteiger partial charge in [0.2, 0.25) is 5.95 Å². The van der Waals surface area contributed by atoms with Crippen LogP contribution in [0.1, 0.15) is 45.4 Å². The molecule has 5 nitrogen and oxygen atoms in total. The highest BCUT2D eigenvalue weighted by Crippen LogP contribution is 2.26. The number of nitrogens with one attached hydrogen (secondary N) is 2. The van der Waals surface area contributed by atoms with Crippen molar-refractivity contribution in [3.05, 3.63) is 10.7 Å². The molecule has 0 bridgehead atoms. The molecule has 118 valence electrons. The van der Waals surface area contributed by atoms with Gasteiger partial charge in [-0.05, 0) is 54.0 Å². The van der Waals surface area contributed by atoms with Crippen LogP contribution >= 0.6 is 15.9 Å². The first kappa shape index (κ1) is 16.5. The maximum absolute atomic E-state index is 9.54. The first-order chi connectivity index (χ1) is 10.2. The van der Waals surface area contributed by atoms with Gasteiger partial charge in [0.15, 0.2) is 0 Å². The molecule has 0 aromatic carbocycles. The van der Waals surface area contributed by atoms with E-state index in [2.05, 4.69) is 43.5 Å². The van der Waals surface area contributed by atoms with Crippen LogP contribution in [-0.2, 0) is 0 Å². The smallest absolute Gasteiger partial charge is 0.224 e. The Morgan fingerprint density at radius 2 is 2.05 bits per heavy atom. The summed E-state index contributed by atoms with van der Waals surface area (Å²) in [5.41, 5.74) is 0. The number of unbranched alkanes of at least 4 members (excludes halogenated alkanes) is 1. The van der Waals surface area contributed by atoms with Crippen molar-refractivity contribution in [3.63, 3.8) is 0 Å². The zero-order valence-electron chi connectivity index (χ0n) is 12.6. The van der Waals surface area contributed by atoms with E-state index in [-0.39, 0.29) is 6.10 Å². The maximum Gasteiger partial charge on any atom is 0.224 e. The van der Waals surface area contributed by atoms with Gasteiger partial charge < -0.3 is 15.7 Å². The Bertz CT molecular complexity index is 436. The third-order valence-corrected chi connectivity index (χ3v) is 4.51. The van der Waals surface area contributed by atoms with Crippen LogP contribution in [0.25, 0.3) is 0 Å². The van der Waals surface area contributed by atoms with Gasteiger partial charge in [-0.3, -0.25) is 0 Å². The van der Waals surface area contributed by atoms with Gasteiger partial charge in [0, 0.05) is 19.3 Å². The van der Waals surface area contributed by atoms with E-state index in [9.17, 15) is 5.11 Å². The molecule has 1 saturated carbocycles. The highest BCUT2D eigenvalue weighted by atomic mass is 79.9. The van der Waals surface area contributed by atoms with Gasteiger partial charge in [0.25, 0.3) is 0 Å². The Morgan fingerprint density at radius 1 is 1.29 bits per heavy atom. The lowest BCUT2D eigenvalue weighted by atomic mass is 9.87. The Labute approximate surface area is 135 Å². The number of anilines is 2. The van der Waals surface area contributed by atoms with Crippen molar-refractivity contribution in [2.45, 2.75) is 51.6 Å². The lowest BCUT2D eigenvalue weighted by Gasteiger charge is -2.25. The average molecular weight is 357 g/mol. The number of aliphatic hydroxyl groups is 1. The summed E-state index contributed by atoms with van der Waals surface area (Å²) in [5.74, 6) is 2.13. The summed E-state index contributed by atoms with van der Waals surface area (Å²) in [7, 11) is 0. The SMILES string of the molecule is CCCCNc1ncc(Br)c(NCC2CCC(O)CC2)n1. The standard InChI is InChI=1S/C15H25BrN4O/c1-2-3-8-17-15-19-10-13(16)14(20-15)18-9-11-4-6-12(21)7-5-11/h10-12,21H,2-9H2,1H3,(H2,17,18,19,20). The molecule has 0 spiro atoms. The van der Waals surface area contributed by atoms with Crippen LogP contribution in [0.2, 0.25) is 0 Å². The zero-order valence-corrected chi connectivity index (χ0v) is 14.2. The van der Waals surface area contributed by atoms with E-state index in [4.69, 9.17) is 0 Å². The van der Waals surface area contributed by atoms with E-state index in [1.165, 1.54) is 0 Å². The van der Waals surface area contributed by atoms with Crippen LogP contribution in [0.15, 0.2) is 10.7 Å². The predicted octanol–water partition coefficient (Wildman–Crippen LogP) is 3.41. The minimum Gasteiger partial charge on any atom is -0.393 e. The second-order valence-electron chi connectivity index (χ2n) is 5.73. The van der Waals surface area contributed by atoms with Crippen molar-refractivity contribution in [2.75, 3.05) is 23.7 Å². The van der Waals surface area contributed by atoms with Gasteiger partial charge in [-0.25, -0.2) is 4.98 Å². The van der Waals surface area contributed by atoms with Crippen LogP contribution < -0.4 is 10.6 Å². The van der Waals surface area contributed by atoms with E-state index in [0.717, 1.165) is 61.9 Å². The van der Waals surface area contributed by atoms with Gasteiger partial charge in [0.1, 0.15) is 5.82 Å². The number of rotatable bonds is 7. The molecule has 21 heavy (non-hydrogen) atoms. The zero-order chi connectivity index (χ0) is 15.1. The molecule has 1 aromatic rings. The van der Waals surface area contributed by atoms with Gasteiger partial charge in [-0.1, -0.05) is 13.3 Å². The molecule has 1 aliphatic rings. The molecule has 3 N–H and O–H groups in total. The normalized spacial score (nSPS) is 22.0. The summed E-state index contributed by atoms with van der Waals surface area (Å²) in [6.45, 7) is 3.97. The van der Waals surface area contributed by atoms with Crippen molar-refractivity contribution >= 4 is 27.7 Å². The highest BCUT2D eigenvalue weighted by Gasteiger charge is 2.19. The Hall–Kier alpha value is -0.880. The van der Waals surface area contributed by atoms with Crippen LogP contribution in [0.3, 0.4) is 0 Å². The molecular formula is C15H25BrN4O. The van der Waals surface area contributed by atoms with Crippen LogP contribution in [-0.4, -0.2) is 34.3 Å². The largest absolute Gasteiger partial charge is 0.393 e. The molecule has 1 aromatic heterocycles. The van der Waals surface area contributed by atoms with E-state index >= 15 is 0 Å². The van der Waals surface area contributed by atoms with Crippen molar-refractivity contribution in [2.24, 2.45) is 5.92 Å². The molecule has 0 saturated heterocycles. The Kier molecular flexibility index (Phi) is 6.70. The quantitative estimate of drug-likeness (QED) is 0.653. The van der Waals surface area contributed by atoms with Gasteiger partial charge >= 0.3 is 0 Å². The molecule has 0 amide bonds. The summed E-state index contributed by atoms with van der Waals surface area (Å²) < 4.78 is 0.888. The highest BCUT2D eigenvalue weighted by molar-refractivity contribution is 9.10. The van der Waals surface area contributed by atoms with Gasteiger partial charge in [-0.2, -0.15) is 4.98 Å². The second kappa shape index (κ2) is 8.54. The first-order valence-electron chi connectivity index (χ1n) is 7.87. The minimum atomic E-state index is -0.0959. The van der Waals surface area contributed by atoms with Crippen molar-refractivity contribution < 1.29 is 5.11 Å². The van der Waals surface area contributed by atoms with Crippen LogP contribution in [0, 0.1) is 5.92 Å². The average Bonchev–Trinajstić information content (AvgIpc) is 2.49. The van der Waals surface area contributed by atoms with Crippen LogP contribution in [0.4, 0.5) is 11.8 Å². The lowest BCUT2D eigenvalue weighted by Crippen LogP contribution is -2.24. The number of hydrogen-bond acceptors (Lipinski definition) is 5. The van der Waals surface area contributed by atoms with Crippen molar-refractivity contribution in [3.8, 4) is 0 Å². The number of nitrogens with zero attached hydrogens (tertiary/aromatic N) is 2. The summed E-state index contributed by atoms with van der Waals surface area (Å²) in [6, 6.07) is 0. The summed E-state index contributed by atoms with van der Waals surface area (Å²) in [6.07, 6.45) is 7.96. The fraction of sp³-hybridized carbons (Fsp3) is 0.733. The van der Waals surface area contributed by atoms with Gasteiger partial charge in [-0.15, -0.1) is 0 Å². The lowest BCUT2D eigenvalue weighted by molar-refractivity contribution is 0.111. The molecule has 0 unspecified atom stereocenters. The third kappa shape index (κ3) is 5.43. The molecule has 2 rings (SSSR count). The fourth-order valence-corrected chi connectivity index (χ4v) is 2.87.